The zero-order chi connectivity index (χ0) is 25.4. The molecule has 2 saturated heterocycles. The molecule has 190 valence electrons. The molecule has 2 aromatic carbocycles. The van der Waals surface area contributed by atoms with E-state index in [2.05, 4.69) is 77.1 Å². The molecule has 4 aromatic rings. The smallest absolute Gasteiger partial charge is 0.227 e. The second-order valence-corrected chi connectivity index (χ2v) is 10.3. The Bertz CT molecular complexity index is 1410. The van der Waals surface area contributed by atoms with Crippen LogP contribution >= 0.6 is 0 Å². The Hall–Kier alpha value is -3.87. The lowest BCUT2D eigenvalue weighted by atomic mass is 9.96. The van der Waals surface area contributed by atoms with Crippen molar-refractivity contribution >= 4 is 22.9 Å². The molecule has 37 heavy (non-hydrogen) atoms. The lowest BCUT2D eigenvalue weighted by molar-refractivity contribution is -0.136. The highest BCUT2D eigenvalue weighted by atomic mass is 16.2. The lowest BCUT2D eigenvalue weighted by Gasteiger charge is -2.40. The van der Waals surface area contributed by atoms with Crippen LogP contribution in [0, 0.1) is 19.8 Å². The standard InChI is InChI=1S/C30H34N6O/c1-22-10-11-24(19-23(22)2)27-20-28-29(31-12-14-36(28)32-27)35-13-6-7-25(21-35)30(37)34-17-15-33(16-18-34)26-8-4-3-5-9-26/h3-5,8-12,14,19-20,25H,6-7,13,15-18,21H2,1-2H3. The van der Waals surface area contributed by atoms with E-state index in [-0.39, 0.29) is 11.8 Å². The number of carbonyl (C=O) groups excluding carboxylic acids is 1. The molecule has 1 amide bonds. The normalized spacial score (nSPS) is 18.4. The zero-order valence-corrected chi connectivity index (χ0v) is 21.7. The van der Waals surface area contributed by atoms with E-state index in [0.717, 1.165) is 68.2 Å². The van der Waals surface area contributed by atoms with E-state index < -0.39 is 0 Å². The zero-order valence-electron chi connectivity index (χ0n) is 21.7. The minimum Gasteiger partial charge on any atom is -0.368 e. The van der Waals surface area contributed by atoms with Crippen molar-refractivity contribution in [1.82, 2.24) is 19.5 Å². The van der Waals surface area contributed by atoms with Crippen molar-refractivity contribution in [2.24, 2.45) is 5.92 Å². The molecule has 2 fully saturated rings. The monoisotopic (exact) mass is 494 g/mol. The first-order valence-corrected chi connectivity index (χ1v) is 13.3. The Morgan fingerprint density at radius 3 is 2.49 bits per heavy atom. The minimum atomic E-state index is 0.00113. The maximum Gasteiger partial charge on any atom is 0.227 e. The van der Waals surface area contributed by atoms with Gasteiger partial charge < -0.3 is 14.7 Å². The number of anilines is 2. The maximum absolute atomic E-state index is 13.5. The van der Waals surface area contributed by atoms with Crippen molar-refractivity contribution in [2.75, 3.05) is 49.1 Å². The number of nitrogens with zero attached hydrogens (tertiary/aromatic N) is 6. The molecule has 0 radical (unpaired) electrons. The predicted molar refractivity (Wildman–Crippen MR) is 148 cm³/mol. The Kier molecular flexibility index (Phi) is 6.28. The van der Waals surface area contributed by atoms with Crippen LogP contribution in [0.3, 0.4) is 0 Å². The van der Waals surface area contributed by atoms with Gasteiger partial charge in [0.1, 0.15) is 5.52 Å². The molecule has 1 atom stereocenters. The third kappa shape index (κ3) is 4.66. The van der Waals surface area contributed by atoms with Crippen LogP contribution < -0.4 is 9.80 Å². The SMILES string of the molecule is Cc1ccc(-c2cc3c(N4CCCC(C(=O)N5CCN(c6ccccc6)CC5)C4)nccn3n2)cc1C. The fraction of sp³-hybridized carbons (Fsp3) is 0.367. The molecular formula is C30H34N6O. The number of carbonyl (C=O) groups is 1. The van der Waals surface area contributed by atoms with Crippen LogP contribution in [0.15, 0.2) is 67.0 Å². The number of piperidine rings is 1. The molecule has 2 aliphatic heterocycles. The quantitative estimate of drug-likeness (QED) is 0.416. The number of rotatable bonds is 4. The van der Waals surface area contributed by atoms with Gasteiger partial charge in [-0.3, -0.25) is 4.79 Å². The van der Waals surface area contributed by atoms with E-state index in [1.807, 2.05) is 23.0 Å². The summed E-state index contributed by atoms with van der Waals surface area (Å²) in [6.45, 7) is 9.18. The predicted octanol–water partition coefficient (Wildman–Crippen LogP) is 4.58. The van der Waals surface area contributed by atoms with Gasteiger partial charge >= 0.3 is 0 Å². The summed E-state index contributed by atoms with van der Waals surface area (Å²) in [7, 11) is 0. The Balaban J connectivity index is 1.17. The van der Waals surface area contributed by atoms with Gasteiger partial charge in [-0.25, -0.2) is 9.50 Å². The summed E-state index contributed by atoms with van der Waals surface area (Å²) >= 11 is 0. The van der Waals surface area contributed by atoms with Crippen molar-refractivity contribution in [1.29, 1.82) is 0 Å². The third-order valence-corrected chi connectivity index (χ3v) is 7.96. The molecule has 7 heteroatoms. The number of hydrogen-bond acceptors (Lipinski definition) is 5. The Morgan fingerprint density at radius 1 is 0.892 bits per heavy atom. The molecule has 6 rings (SSSR count). The molecule has 2 aromatic heterocycles. The molecule has 0 bridgehead atoms. The summed E-state index contributed by atoms with van der Waals surface area (Å²) in [6, 6.07) is 19.1. The average molecular weight is 495 g/mol. The number of aryl methyl sites for hydroxylation is 2. The first-order chi connectivity index (χ1) is 18.1. The molecule has 1 unspecified atom stereocenters. The van der Waals surface area contributed by atoms with E-state index in [1.54, 1.807) is 0 Å². The van der Waals surface area contributed by atoms with Gasteiger partial charge in [0, 0.05) is 62.9 Å². The molecule has 0 saturated carbocycles. The van der Waals surface area contributed by atoms with Crippen LogP contribution in [0.1, 0.15) is 24.0 Å². The molecule has 7 nitrogen and oxygen atoms in total. The van der Waals surface area contributed by atoms with Crippen molar-refractivity contribution in [2.45, 2.75) is 26.7 Å². The van der Waals surface area contributed by atoms with Gasteiger partial charge in [0.2, 0.25) is 5.91 Å². The number of hydrogen-bond donors (Lipinski definition) is 0. The minimum absolute atomic E-state index is 0.00113. The number of amides is 1. The number of fused-ring (bicyclic) bond motifs is 1. The second kappa shape index (κ2) is 9.88. The molecule has 0 aliphatic carbocycles. The van der Waals surface area contributed by atoms with E-state index >= 15 is 0 Å². The third-order valence-electron chi connectivity index (χ3n) is 7.96. The second-order valence-electron chi connectivity index (χ2n) is 10.3. The summed E-state index contributed by atoms with van der Waals surface area (Å²) in [6.07, 6.45) is 5.64. The topological polar surface area (TPSA) is 57.0 Å². The van der Waals surface area contributed by atoms with Crippen molar-refractivity contribution in [3.05, 3.63) is 78.1 Å². The van der Waals surface area contributed by atoms with Crippen molar-refractivity contribution < 1.29 is 4.79 Å². The largest absolute Gasteiger partial charge is 0.368 e. The maximum atomic E-state index is 13.5. The molecule has 2 aliphatic rings. The van der Waals surface area contributed by atoms with Crippen LogP contribution in [-0.2, 0) is 4.79 Å². The number of benzene rings is 2. The van der Waals surface area contributed by atoms with Gasteiger partial charge in [0.25, 0.3) is 0 Å². The fourth-order valence-electron chi connectivity index (χ4n) is 5.65. The fourth-order valence-corrected chi connectivity index (χ4v) is 5.65. The van der Waals surface area contributed by atoms with Crippen LogP contribution in [0.5, 0.6) is 0 Å². The van der Waals surface area contributed by atoms with E-state index in [0.29, 0.717) is 6.54 Å². The lowest BCUT2D eigenvalue weighted by Crippen LogP contribution is -2.52. The highest BCUT2D eigenvalue weighted by Gasteiger charge is 2.32. The van der Waals surface area contributed by atoms with Gasteiger partial charge in [0.05, 0.1) is 11.6 Å². The first kappa shape index (κ1) is 23.5. The van der Waals surface area contributed by atoms with Crippen LogP contribution in [0.2, 0.25) is 0 Å². The Morgan fingerprint density at radius 2 is 1.70 bits per heavy atom. The van der Waals surface area contributed by atoms with Gasteiger partial charge in [-0.15, -0.1) is 0 Å². The highest BCUT2D eigenvalue weighted by molar-refractivity contribution is 5.81. The molecule has 0 spiro atoms. The Labute approximate surface area is 218 Å². The van der Waals surface area contributed by atoms with Crippen molar-refractivity contribution in [3.8, 4) is 11.3 Å². The summed E-state index contributed by atoms with van der Waals surface area (Å²) < 4.78 is 1.92. The van der Waals surface area contributed by atoms with Gasteiger partial charge in [-0.2, -0.15) is 5.10 Å². The summed E-state index contributed by atoms with van der Waals surface area (Å²) in [5.41, 5.74) is 6.81. The summed E-state index contributed by atoms with van der Waals surface area (Å²) in [5, 5.41) is 4.84. The van der Waals surface area contributed by atoms with Crippen LogP contribution in [0.4, 0.5) is 11.5 Å². The highest BCUT2D eigenvalue weighted by Crippen LogP contribution is 2.30. The summed E-state index contributed by atoms with van der Waals surface area (Å²) in [5.74, 6) is 1.20. The number of aromatic nitrogens is 3. The first-order valence-electron chi connectivity index (χ1n) is 13.3. The van der Waals surface area contributed by atoms with Crippen LogP contribution in [-0.4, -0.2) is 64.7 Å². The molecule has 0 N–H and O–H groups in total. The van der Waals surface area contributed by atoms with Crippen molar-refractivity contribution in [3.63, 3.8) is 0 Å². The summed E-state index contributed by atoms with van der Waals surface area (Å²) in [4.78, 5) is 25.0. The van der Waals surface area contributed by atoms with Gasteiger partial charge in [-0.05, 0) is 62.1 Å². The molecular weight excluding hydrogens is 460 g/mol. The molecule has 4 heterocycles. The van der Waals surface area contributed by atoms with Crippen LogP contribution in [0.25, 0.3) is 16.8 Å². The average Bonchev–Trinajstić information content (AvgIpc) is 3.39. The number of para-hydroxylation sites is 1. The van der Waals surface area contributed by atoms with Gasteiger partial charge in [-0.1, -0.05) is 30.3 Å². The number of piperazine rings is 1. The van der Waals surface area contributed by atoms with E-state index in [9.17, 15) is 4.79 Å². The van der Waals surface area contributed by atoms with Gasteiger partial charge in [0.15, 0.2) is 5.82 Å². The van der Waals surface area contributed by atoms with E-state index in [4.69, 9.17) is 10.1 Å². The van der Waals surface area contributed by atoms with E-state index in [1.165, 1.54) is 16.8 Å².